The lowest BCUT2D eigenvalue weighted by molar-refractivity contribution is 0.0633. The highest BCUT2D eigenvalue weighted by atomic mass is 32.2. The number of hydrogen-bond acceptors (Lipinski definition) is 6. The van der Waals surface area contributed by atoms with Gasteiger partial charge in [-0.3, -0.25) is 14.5 Å². The number of aromatic nitrogens is 1. The second kappa shape index (κ2) is 12.4. The van der Waals surface area contributed by atoms with E-state index in [4.69, 9.17) is 4.74 Å². The van der Waals surface area contributed by atoms with Gasteiger partial charge in [0.2, 0.25) is 0 Å². The van der Waals surface area contributed by atoms with E-state index in [1.165, 1.54) is 37.3 Å². The number of carbonyl (C=O) groups is 2. The summed E-state index contributed by atoms with van der Waals surface area (Å²) in [4.78, 5) is 33.5. The average molecular weight is 599 g/mol. The van der Waals surface area contributed by atoms with E-state index in [0.29, 0.717) is 48.7 Å². The molecule has 3 aromatic carbocycles. The summed E-state index contributed by atoms with van der Waals surface area (Å²) in [6.07, 6.45) is 7.44. The van der Waals surface area contributed by atoms with Crippen LogP contribution in [-0.4, -0.2) is 61.4 Å². The van der Waals surface area contributed by atoms with Gasteiger partial charge >= 0.3 is 6.09 Å². The molecule has 1 saturated heterocycles. The largest absolute Gasteiger partial charge is 0.415 e. The van der Waals surface area contributed by atoms with Crippen molar-refractivity contribution >= 4 is 38.6 Å². The number of nitrogens with zero attached hydrogens (tertiary/aromatic N) is 3. The van der Waals surface area contributed by atoms with Gasteiger partial charge in [0.05, 0.1) is 5.52 Å². The molecule has 4 aromatic rings. The number of fused-ring (bicyclic) bond motifs is 1. The van der Waals surface area contributed by atoms with E-state index in [2.05, 4.69) is 9.71 Å². The first-order chi connectivity index (χ1) is 20.9. The zero-order valence-corrected chi connectivity index (χ0v) is 24.6. The Hall–Kier alpha value is -4.44. The molecular formula is C33H34N4O5S. The molecule has 1 aromatic heterocycles. The van der Waals surface area contributed by atoms with Crippen LogP contribution in [0.3, 0.4) is 0 Å². The standard InChI is InChI=1S/C33H34N4O5S/c38-32(27-12-14-28(15-13-27)35-43(40,41)30-9-3-7-26-8-4-18-34-31(26)30)36-19-21-37(22-20-36)33(39)42-29-16-10-25(11-17-29)23-24-5-1-2-6-24/h3-4,7-18,24,35H,1-2,5-6,19-23H2. The molecule has 0 unspecified atom stereocenters. The molecule has 222 valence electrons. The smallest absolute Gasteiger partial charge is 0.410 e. The van der Waals surface area contributed by atoms with Gasteiger partial charge in [-0.1, -0.05) is 56.0 Å². The summed E-state index contributed by atoms with van der Waals surface area (Å²) < 4.78 is 34.4. The van der Waals surface area contributed by atoms with Crippen LogP contribution in [0.1, 0.15) is 41.6 Å². The Morgan fingerprint density at radius 3 is 2.23 bits per heavy atom. The fourth-order valence-electron chi connectivity index (χ4n) is 5.87. The summed E-state index contributed by atoms with van der Waals surface area (Å²) in [6.45, 7) is 1.47. The van der Waals surface area contributed by atoms with Gasteiger partial charge in [0.1, 0.15) is 10.6 Å². The summed E-state index contributed by atoms with van der Waals surface area (Å²) in [5.74, 6) is 1.10. The summed E-state index contributed by atoms with van der Waals surface area (Å²) in [7, 11) is -3.90. The van der Waals surface area contributed by atoms with E-state index in [-0.39, 0.29) is 10.8 Å². The summed E-state index contributed by atoms with van der Waals surface area (Å²) >= 11 is 0. The zero-order chi connectivity index (χ0) is 29.8. The monoisotopic (exact) mass is 598 g/mol. The molecule has 1 aliphatic carbocycles. The SMILES string of the molecule is O=C(Oc1ccc(CC2CCCC2)cc1)N1CCN(C(=O)c2ccc(NS(=O)(=O)c3cccc4cccnc34)cc2)CC1. The Labute approximate surface area is 251 Å². The number of rotatable bonds is 7. The Morgan fingerprint density at radius 1 is 0.837 bits per heavy atom. The maximum atomic E-state index is 13.1. The molecule has 1 N–H and O–H groups in total. The van der Waals surface area contributed by atoms with Gasteiger partial charge in [-0.25, -0.2) is 13.2 Å². The van der Waals surface area contributed by atoms with Gasteiger partial charge in [0, 0.05) is 49.0 Å². The zero-order valence-electron chi connectivity index (χ0n) is 23.8. The molecule has 2 fully saturated rings. The molecule has 1 saturated carbocycles. The third kappa shape index (κ3) is 6.64. The van der Waals surface area contributed by atoms with Crippen LogP contribution in [0.25, 0.3) is 10.9 Å². The highest BCUT2D eigenvalue weighted by molar-refractivity contribution is 7.93. The first-order valence-corrected chi connectivity index (χ1v) is 16.2. The van der Waals surface area contributed by atoms with E-state index < -0.39 is 16.1 Å². The van der Waals surface area contributed by atoms with E-state index in [0.717, 1.165) is 17.7 Å². The maximum Gasteiger partial charge on any atom is 0.415 e. The molecule has 2 heterocycles. The van der Waals surface area contributed by atoms with Crippen LogP contribution >= 0.6 is 0 Å². The van der Waals surface area contributed by atoms with E-state index in [1.54, 1.807) is 64.5 Å². The van der Waals surface area contributed by atoms with Gasteiger partial charge in [0.15, 0.2) is 0 Å². The highest BCUT2D eigenvalue weighted by Crippen LogP contribution is 2.29. The van der Waals surface area contributed by atoms with Gasteiger partial charge < -0.3 is 14.5 Å². The summed E-state index contributed by atoms with van der Waals surface area (Å²) in [6, 6.07) is 22.7. The molecule has 2 aliphatic rings. The Kier molecular flexibility index (Phi) is 8.29. The van der Waals surface area contributed by atoms with Crippen molar-refractivity contribution < 1.29 is 22.7 Å². The predicted molar refractivity (Wildman–Crippen MR) is 165 cm³/mol. The van der Waals surface area contributed by atoms with Crippen LogP contribution in [0.5, 0.6) is 5.75 Å². The number of pyridine rings is 1. The molecule has 43 heavy (non-hydrogen) atoms. The van der Waals surface area contributed by atoms with Crippen LogP contribution in [0.4, 0.5) is 10.5 Å². The normalized spacial score (nSPS) is 15.9. The van der Waals surface area contributed by atoms with Crippen LogP contribution in [0.2, 0.25) is 0 Å². The highest BCUT2D eigenvalue weighted by Gasteiger charge is 2.26. The van der Waals surface area contributed by atoms with Gasteiger partial charge in [-0.2, -0.15) is 0 Å². The minimum Gasteiger partial charge on any atom is -0.410 e. The van der Waals surface area contributed by atoms with Crippen LogP contribution in [-0.2, 0) is 16.4 Å². The lowest BCUT2D eigenvalue weighted by atomic mass is 9.98. The van der Waals surface area contributed by atoms with Crippen LogP contribution in [0, 0.1) is 5.92 Å². The van der Waals surface area contributed by atoms with Crippen LogP contribution in [0.15, 0.2) is 90.0 Å². The molecule has 0 bridgehead atoms. The molecule has 0 atom stereocenters. The van der Waals surface area contributed by atoms with Crippen LogP contribution < -0.4 is 9.46 Å². The number of piperazine rings is 1. The van der Waals surface area contributed by atoms with Crippen molar-refractivity contribution in [1.29, 1.82) is 0 Å². The van der Waals surface area contributed by atoms with E-state index in [9.17, 15) is 18.0 Å². The second-order valence-electron chi connectivity index (χ2n) is 11.2. The number of sulfonamides is 1. The summed E-state index contributed by atoms with van der Waals surface area (Å²) in [5, 5.41) is 0.725. The average Bonchev–Trinajstić information content (AvgIpc) is 3.55. The van der Waals surface area contributed by atoms with Crippen molar-refractivity contribution in [1.82, 2.24) is 14.8 Å². The first-order valence-electron chi connectivity index (χ1n) is 14.7. The Bertz CT molecular complexity index is 1710. The molecule has 9 nitrogen and oxygen atoms in total. The van der Waals surface area contributed by atoms with Crippen molar-refractivity contribution in [3.8, 4) is 5.75 Å². The molecular weight excluding hydrogens is 564 g/mol. The quantitative estimate of drug-likeness (QED) is 0.291. The van der Waals surface area contributed by atoms with Gasteiger partial charge in [-0.15, -0.1) is 0 Å². The summed E-state index contributed by atoms with van der Waals surface area (Å²) in [5.41, 5.74) is 2.43. The third-order valence-corrected chi connectivity index (χ3v) is 9.63. The van der Waals surface area contributed by atoms with Crippen molar-refractivity contribution in [2.24, 2.45) is 5.92 Å². The minimum absolute atomic E-state index is 0.0819. The predicted octanol–water partition coefficient (Wildman–Crippen LogP) is 5.73. The fraction of sp³-hybridized carbons (Fsp3) is 0.303. The van der Waals surface area contributed by atoms with Crippen molar-refractivity contribution in [2.75, 3.05) is 30.9 Å². The maximum absolute atomic E-state index is 13.1. The number of nitrogens with one attached hydrogen (secondary N) is 1. The Morgan fingerprint density at radius 2 is 1.51 bits per heavy atom. The van der Waals surface area contributed by atoms with Gasteiger partial charge in [0.25, 0.3) is 15.9 Å². The minimum atomic E-state index is -3.90. The first kappa shape index (κ1) is 28.7. The number of amides is 2. The number of para-hydroxylation sites is 1. The molecule has 6 rings (SSSR count). The lowest BCUT2D eigenvalue weighted by Crippen LogP contribution is -2.51. The number of hydrogen-bond donors (Lipinski definition) is 1. The van der Waals surface area contributed by atoms with Gasteiger partial charge in [-0.05, 0) is 66.4 Å². The lowest BCUT2D eigenvalue weighted by Gasteiger charge is -2.34. The van der Waals surface area contributed by atoms with Crippen molar-refractivity contribution in [3.63, 3.8) is 0 Å². The molecule has 2 amide bonds. The molecule has 0 spiro atoms. The fourth-order valence-corrected chi connectivity index (χ4v) is 7.10. The molecule has 0 radical (unpaired) electrons. The van der Waals surface area contributed by atoms with E-state index in [1.807, 2.05) is 24.3 Å². The number of benzene rings is 3. The molecule has 1 aliphatic heterocycles. The number of anilines is 1. The van der Waals surface area contributed by atoms with Crippen molar-refractivity contribution in [3.05, 3.63) is 96.2 Å². The topological polar surface area (TPSA) is 109 Å². The number of carbonyl (C=O) groups excluding carboxylic acids is 2. The van der Waals surface area contributed by atoms with Crippen molar-refractivity contribution in [2.45, 2.75) is 37.0 Å². The van der Waals surface area contributed by atoms with E-state index >= 15 is 0 Å². The molecule has 10 heteroatoms. The third-order valence-electron chi connectivity index (χ3n) is 8.22. The number of ether oxygens (including phenoxy) is 1. The second-order valence-corrected chi connectivity index (χ2v) is 12.8. The Balaban J connectivity index is 1.01.